The molecule has 0 unspecified atom stereocenters. The Morgan fingerprint density at radius 1 is 1.71 bits per heavy atom. The van der Waals surface area contributed by atoms with Crippen LogP contribution in [-0.4, -0.2) is 13.3 Å². The molecule has 0 atom stereocenters. The molecule has 0 aromatic rings. The van der Waals surface area contributed by atoms with Crippen LogP contribution in [0.15, 0.2) is 10.8 Å². The van der Waals surface area contributed by atoms with Crippen molar-refractivity contribution in [2.75, 3.05) is 13.3 Å². The third-order valence-electron chi connectivity index (χ3n) is 0.584. The quantitative estimate of drug-likeness (QED) is 0.570. The fourth-order valence-electron chi connectivity index (χ4n) is 0. The first kappa shape index (κ1) is 7.45. The zero-order valence-corrected chi connectivity index (χ0v) is 6.92. The summed E-state index contributed by atoms with van der Waals surface area (Å²) >= 11 is 3.04. The summed E-state index contributed by atoms with van der Waals surface area (Å²) in [5.74, 6) is 0. The van der Waals surface area contributed by atoms with Gasteiger partial charge in [-0.25, -0.2) is 0 Å². The van der Waals surface area contributed by atoms with Crippen LogP contribution in [0.25, 0.3) is 0 Å². The van der Waals surface area contributed by atoms with E-state index in [9.17, 15) is 4.57 Å². The molecule has 0 fully saturated rings. The van der Waals surface area contributed by atoms with Crippen molar-refractivity contribution in [3.05, 3.63) is 10.8 Å². The van der Waals surface area contributed by atoms with E-state index in [4.69, 9.17) is 0 Å². The summed E-state index contributed by atoms with van der Waals surface area (Å²) < 4.78 is 11.4. The average Bonchev–Trinajstić information content (AvgIpc) is 1.31. The fraction of sp³-hybridized carbons (Fsp3) is 0.500. The topological polar surface area (TPSA) is 17.1 Å². The van der Waals surface area contributed by atoms with Crippen LogP contribution in [-0.2, 0) is 4.57 Å². The Bertz CT molecular complexity index is 124. The Morgan fingerprint density at radius 3 is 1.86 bits per heavy atom. The molecule has 0 heterocycles. The maximum Gasteiger partial charge on any atom is 0.115 e. The molecule has 3 heteroatoms. The third-order valence-corrected chi connectivity index (χ3v) is 4.32. The second kappa shape index (κ2) is 2.15. The normalized spacial score (nSPS) is 11.3. The summed E-state index contributed by atoms with van der Waals surface area (Å²) in [5.41, 5.74) is 0. The molecule has 0 saturated carbocycles. The predicted octanol–water partition coefficient (Wildman–Crippen LogP) is 2.48. The molecule has 0 saturated heterocycles. The molecule has 0 bridgehead atoms. The SMILES string of the molecule is C=C(Br)P(C)(C)=O. The van der Waals surface area contributed by atoms with Gasteiger partial charge in [-0.05, 0) is 29.3 Å². The van der Waals surface area contributed by atoms with E-state index in [1.54, 1.807) is 13.3 Å². The van der Waals surface area contributed by atoms with Gasteiger partial charge in [0, 0.05) is 4.22 Å². The number of hydrogen-bond donors (Lipinski definition) is 0. The summed E-state index contributed by atoms with van der Waals surface area (Å²) in [4.78, 5) is 0. The standard InChI is InChI=1S/C4H8BrOP/c1-4(5)7(2,3)6/h1H2,2-3H3. The zero-order valence-electron chi connectivity index (χ0n) is 4.44. The van der Waals surface area contributed by atoms with Gasteiger partial charge in [-0.15, -0.1) is 0 Å². The highest BCUT2D eigenvalue weighted by Crippen LogP contribution is 2.48. The van der Waals surface area contributed by atoms with E-state index in [1.807, 2.05) is 0 Å². The van der Waals surface area contributed by atoms with Gasteiger partial charge in [0.05, 0.1) is 0 Å². The van der Waals surface area contributed by atoms with Crippen LogP contribution in [0.3, 0.4) is 0 Å². The van der Waals surface area contributed by atoms with Gasteiger partial charge in [-0.1, -0.05) is 6.58 Å². The largest absolute Gasteiger partial charge is 0.319 e. The van der Waals surface area contributed by atoms with E-state index in [0.717, 1.165) is 0 Å². The van der Waals surface area contributed by atoms with Crippen molar-refractivity contribution in [3.63, 3.8) is 0 Å². The van der Waals surface area contributed by atoms with Gasteiger partial charge in [0.2, 0.25) is 0 Å². The van der Waals surface area contributed by atoms with Gasteiger partial charge < -0.3 is 4.57 Å². The highest BCUT2D eigenvalue weighted by atomic mass is 79.9. The molecule has 1 nitrogen and oxygen atoms in total. The molecular weight excluding hydrogens is 175 g/mol. The number of halogens is 1. The molecule has 0 aliphatic carbocycles. The van der Waals surface area contributed by atoms with Gasteiger partial charge in [0.25, 0.3) is 0 Å². The summed E-state index contributed by atoms with van der Waals surface area (Å²) in [6.45, 7) is 6.82. The number of hydrogen-bond acceptors (Lipinski definition) is 1. The lowest BCUT2D eigenvalue weighted by Crippen LogP contribution is -1.68. The molecule has 0 rings (SSSR count). The van der Waals surface area contributed by atoms with Crippen LogP contribution in [0.4, 0.5) is 0 Å². The van der Waals surface area contributed by atoms with E-state index in [2.05, 4.69) is 22.5 Å². The minimum absolute atomic E-state index is 0.611. The van der Waals surface area contributed by atoms with Crippen molar-refractivity contribution in [2.45, 2.75) is 0 Å². The van der Waals surface area contributed by atoms with Gasteiger partial charge in [0.15, 0.2) is 0 Å². The molecule has 0 aromatic heterocycles. The zero-order chi connectivity index (χ0) is 6.08. The lowest BCUT2D eigenvalue weighted by molar-refractivity contribution is 0.587. The Labute approximate surface area is 52.3 Å². The Kier molecular flexibility index (Phi) is 2.28. The van der Waals surface area contributed by atoms with E-state index in [1.165, 1.54) is 0 Å². The third kappa shape index (κ3) is 3.07. The molecule has 0 radical (unpaired) electrons. The van der Waals surface area contributed by atoms with Crippen LogP contribution in [0.2, 0.25) is 0 Å². The van der Waals surface area contributed by atoms with Crippen molar-refractivity contribution < 1.29 is 4.57 Å². The minimum Gasteiger partial charge on any atom is -0.319 e. The summed E-state index contributed by atoms with van der Waals surface area (Å²) in [5, 5.41) is 0. The van der Waals surface area contributed by atoms with E-state index in [-0.39, 0.29) is 0 Å². The van der Waals surface area contributed by atoms with Crippen molar-refractivity contribution in [2.24, 2.45) is 0 Å². The van der Waals surface area contributed by atoms with Gasteiger partial charge in [0.1, 0.15) is 7.14 Å². The number of rotatable bonds is 1. The van der Waals surface area contributed by atoms with Crippen molar-refractivity contribution in [3.8, 4) is 0 Å². The molecule has 7 heavy (non-hydrogen) atoms. The highest BCUT2D eigenvalue weighted by molar-refractivity contribution is 9.13. The van der Waals surface area contributed by atoms with Crippen LogP contribution in [0.5, 0.6) is 0 Å². The minimum atomic E-state index is -2.02. The molecule has 0 aliphatic heterocycles. The molecule has 0 spiro atoms. The second-order valence-corrected chi connectivity index (χ2v) is 6.54. The van der Waals surface area contributed by atoms with Crippen LogP contribution in [0.1, 0.15) is 0 Å². The smallest absolute Gasteiger partial charge is 0.115 e. The first-order valence-electron chi connectivity index (χ1n) is 1.84. The Hall–Kier alpha value is 0.450. The van der Waals surface area contributed by atoms with E-state index >= 15 is 0 Å². The first-order valence-corrected chi connectivity index (χ1v) is 5.24. The summed E-state index contributed by atoms with van der Waals surface area (Å²) in [6, 6.07) is 0. The Morgan fingerprint density at radius 2 is 1.86 bits per heavy atom. The summed E-state index contributed by atoms with van der Waals surface area (Å²) in [6.07, 6.45) is 0. The van der Waals surface area contributed by atoms with Crippen molar-refractivity contribution in [1.29, 1.82) is 0 Å². The maximum absolute atomic E-state index is 10.8. The van der Waals surface area contributed by atoms with Gasteiger partial charge >= 0.3 is 0 Å². The first-order chi connectivity index (χ1) is 2.94. The Balaban J connectivity index is 4.09. The lowest BCUT2D eigenvalue weighted by atomic mass is 11.3. The van der Waals surface area contributed by atoms with Crippen molar-refractivity contribution >= 4 is 23.1 Å². The van der Waals surface area contributed by atoms with Crippen molar-refractivity contribution in [1.82, 2.24) is 0 Å². The molecular formula is C4H8BrOP. The van der Waals surface area contributed by atoms with Crippen LogP contribution in [0, 0.1) is 0 Å². The molecule has 0 aromatic carbocycles. The monoisotopic (exact) mass is 182 g/mol. The molecule has 0 amide bonds. The predicted molar refractivity (Wildman–Crippen MR) is 37.5 cm³/mol. The molecule has 0 aliphatic rings. The fourth-order valence-corrected chi connectivity index (χ4v) is 0. The van der Waals surface area contributed by atoms with E-state index in [0.29, 0.717) is 4.22 Å². The maximum atomic E-state index is 10.8. The van der Waals surface area contributed by atoms with Gasteiger partial charge in [-0.3, -0.25) is 0 Å². The van der Waals surface area contributed by atoms with E-state index < -0.39 is 7.14 Å². The van der Waals surface area contributed by atoms with Gasteiger partial charge in [-0.2, -0.15) is 0 Å². The second-order valence-electron chi connectivity index (χ2n) is 1.73. The highest BCUT2D eigenvalue weighted by Gasteiger charge is 2.06. The average molecular weight is 183 g/mol. The molecule has 0 N–H and O–H groups in total. The lowest BCUT2D eigenvalue weighted by Gasteiger charge is -1.99. The molecule has 42 valence electrons. The van der Waals surface area contributed by atoms with Crippen LogP contribution >= 0.6 is 23.1 Å². The van der Waals surface area contributed by atoms with Crippen LogP contribution < -0.4 is 0 Å². The summed E-state index contributed by atoms with van der Waals surface area (Å²) in [7, 11) is -2.02.